The molecule has 1 aromatic rings. The van der Waals surface area contributed by atoms with Crippen molar-refractivity contribution in [2.45, 2.75) is 36.6 Å². The predicted octanol–water partition coefficient (Wildman–Crippen LogP) is 0.939. The van der Waals surface area contributed by atoms with Crippen LogP contribution < -0.4 is 0 Å². The quantitative estimate of drug-likeness (QED) is 0.884. The first-order chi connectivity index (χ1) is 11.1. The van der Waals surface area contributed by atoms with Crippen LogP contribution >= 0.6 is 0 Å². The summed E-state index contributed by atoms with van der Waals surface area (Å²) in [7, 11) is -3.44. The first kappa shape index (κ1) is 16.8. The van der Waals surface area contributed by atoms with E-state index in [1.807, 2.05) is 0 Å². The Morgan fingerprint density at radius 2 is 2.00 bits per heavy atom. The van der Waals surface area contributed by atoms with Crippen LogP contribution in [0.2, 0.25) is 0 Å². The molecule has 2 fully saturated rings. The van der Waals surface area contributed by atoms with E-state index < -0.39 is 10.0 Å². The van der Waals surface area contributed by atoms with Gasteiger partial charge in [-0.05, 0) is 56.8 Å². The summed E-state index contributed by atoms with van der Waals surface area (Å²) >= 11 is 0. The lowest BCUT2D eigenvalue weighted by Gasteiger charge is -2.41. The molecule has 3 rings (SSSR count). The van der Waals surface area contributed by atoms with Crippen LogP contribution in [0.3, 0.4) is 0 Å². The zero-order valence-corrected chi connectivity index (χ0v) is 14.2. The molecular formula is C16H25N3O3S. The van der Waals surface area contributed by atoms with Crippen LogP contribution in [0.1, 0.15) is 25.7 Å². The van der Waals surface area contributed by atoms with Crippen molar-refractivity contribution in [1.82, 2.24) is 14.2 Å². The molecule has 2 aliphatic rings. The average Bonchev–Trinajstić information content (AvgIpc) is 2.62. The number of hydrogen-bond donors (Lipinski definition) is 1. The second-order valence-electron chi connectivity index (χ2n) is 6.51. The van der Waals surface area contributed by atoms with E-state index in [4.69, 9.17) is 0 Å². The monoisotopic (exact) mass is 339 g/mol. The number of piperidine rings is 2. The van der Waals surface area contributed by atoms with Gasteiger partial charge in [0.25, 0.3) is 0 Å². The molecule has 1 unspecified atom stereocenters. The molecule has 0 saturated carbocycles. The predicted molar refractivity (Wildman–Crippen MR) is 87.4 cm³/mol. The minimum absolute atomic E-state index is 0.264. The molecule has 0 spiro atoms. The third-order valence-electron chi connectivity index (χ3n) is 5.06. The number of hydrogen-bond acceptors (Lipinski definition) is 5. The van der Waals surface area contributed by atoms with Crippen molar-refractivity contribution in [3.8, 4) is 0 Å². The molecule has 2 saturated heterocycles. The topological polar surface area (TPSA) is 73.7 Å². The van der Waals surface area contributed by atoms with Gasteiger partial charge in [-0.2, -0.15) is 4.31 Å². The molecule has 1 atom stereocenters. The summed E-state index contributed by atoms with van der Waals surface area (Å²) in [4.78, 5) is 6.61. The van der Waals surface area contributed by atoms with Crippen molar-refractivity contribution in [2.75, 3.05) is 32.8 Å². The number of nitrogens with zero attached hydrogens (tertiary/aromatic N) is 3. The summed E-state index contributed by atoms with van der Waals surface area (Å²) in [6.07, 6.45) is 6.95. The summed E-state index contributed by atoms with van der Waals surface area (Å²) in [5.74, 6) is 0.407. The third-order valence-corrected chi connectivity index (χ3v) is 6.90. The molecule has 1 aromatic heterocycles. The number of aliphatic hydroxyl groups is 1. The number of aromatic nitrogens is 1. The lowest BCUT2D eigenvalue weighted by molar-refractivity contribution is 0.0755. The maximum atomic E-state index is 12.7. The summed E-state index contributed by atoms with van der Waals surface area (Å²) in [6.45, 7) is 3.31. The van der Waals surface area contributed by atoms with Crippen molar-refractivity contribution in [3.63, 3.8) is 0 Å². The normalized spacial score (nSPS) is 25.5. The Morgan fingerprint density at radius 3 is 2.65 bits per heavy atom. The van der Waals surface area contributed by atoms with E-state index >= 15 is 0 Å². The number of rotatable bonds is 4. The minimum Gasteiger partial charge on any atom is -0.396 e. The van der Waals surface area contributed by atoms with Gasteiger partial charge in [0.15, 0.2) is 0 Å². The molecule has 0 aromatic carbocycles. The highest BCUT2D eigenvalue weighted by molar-refractivity contribution is 7.89. The molecule has 0 amide bonds. The van der Waals surface area contributed by atoms with Crippen molar-refractivity contribution in [2.24, 2.45) is 5.92 Å². The average molecular weight is 339 g/mol. The molecule has 3 heterocycles. The minimum atomic E-state index is -3.44. The van der Waals surface area contributed by atoms with E-state index in [1.165, 1.54) is 6.20 Å². The van der Waals surface area contributed by atoms with E-state index in [0.29, 0.717) is 19.0 Å². The van der Waals surface area contributed by atoms with Gasteiger partial charge in [-0.3, -0.25) is 9.88 Å². The molecule has 0 aliphatic carbocycles. The van der Waals surface area contributed by atoms with Crippen LogP contribution in [-0.4, -0.2) is 66.5 Å². The third kappa shape index (κ3) is 3.74. The Kier molecular flexibility index (Phi) is 5.31. The lowest BCUT2D eigenvalue weighted by atomic mass is 9.95. The van der Waals surface area contributed by atoms with Crippen LogP contribution in [0, 0.1) is 5.92 Å². The highest BCUT2D eigenvalue weighted by Crippen LogP contribution is 2.26. The van der Waals surface area contributed by atoms with Gasteiger partial charge in [0, 0.05) is 38.1 Å². The van der Waals surface area contributed by atoms with Gasteiger partial charge in [-0.15, -0.1) is 0 Å². The maximum Gasteiger partial charge on any atom is 0.244 e. The smallest absolute Gasteiger partial charge is 0.244 e. The van der Waals surface area contributed by atoms with Crippen molar-refractivity contribution in [3.05, 3.63) is 24.5 Å². The van der Waals surface area contributed by atoms with Crippen LogP contribution in [0.15, 0.2) is 29.4 Å². The van der Waals surface area contributed by atoms with Gasteiger partial charge >= 0.3 is 0 Å². The summed E-state index contributed by atoms with van der Waals surface area (Å²) in [5.41, 5.74) is 0. The van der Waals surface area contributed by atoms with E-state index in [2.05, 4.69) is 9.88 Å². The molecule has 6 nitrogen and oxygen atoms in total. The van der Waals surface area contributed by atoms with Gasteiger partial charge in [0.05, 0.1) is 0 Å². The number of sulfonamides is 1. The summed E-state index contributed by atoms with van der Waals surface area (Å²) in [5, 5.41) is 9.25. The fourth-order valence-electron chi connectivity index (χ4n) is 3.59. The zero-order valence-electron chi connectivity index (χ0n) is 13.3. The van der Waals surface area contributed by atoms with Gasteiger partial charge < -0.3 is 5.11 Å². The van der Waals surface area contributed by atoms with Crippen LogP contribution in [0.5, 0.6) is 0 Å². The fraction of sp³-hybridized carbons (Fsp3) is 0.688. The van der Waals surface area contributed by atoms with E-state index in [9.17, 15) is 13.5 Å². The van der Waals surface area contributed by atoms with Gasteiger partial charge in [-0.25, -0.2) is 8.42 Å². The molecule has 0 radical (unpaired) electrons. The molecule has 128 valence electrons. The highest BCUT2D eigenvalue weighted by Gasteiger charge is 2.34. The largest absolute Gasteiger partial charge is 0.396 e. The molecular weight excluding hydrogens is 314 g/mol. The van der Waals surface area contributed by atoms with Crippen LogP contribution in [0.4, 0.5) is 0 Å². The van der Waals surface area contributed by atoms with Gasteiger partial charge in [0.2, 0.25) is 10.0 Å². The summed E-state index contributed by atoms with van der Waals surface area (Å²) < 4.78 is 27.1. The lowest BCUT2D eigenvalue weighted by Crippen LogP contribution is -2.51. The van der Waals surface area contributed by atoms with E-state index in [1.54, 1.807) is 22.6 Å². The van der Waals surface area contributed by atoms with Gasteiger partial charge in [-0.1, -0.05) is 0 Å². The first-order valence-electron chi connectivity index (χ1n) is 8.36. The van der Waals surface area contributed by atoms with Gasteiger partial charge in [0.1, 0.15) is 4.90 Å². The first-order valence-corrected chi connectivity index (χ1v) is 9.80. The Bertz CT molecular complexity index is 600. The van der Waals surface area contributed by atoms with E-state index in [0.717, 1.165) is 38.8 Å². The number of pyridine rings is 1. The molecule has 2 aliphatic heterocycles. The number of aliphatic hydroxyl groups excluding tert-OH is 1. The SMILES string of the molecule is O=S(=O)(c1cccnc1)N1CCCC(N2CCC(CO)CC2)C1. The second-order valence-corrected chi connectivity index (χ2v) is 8.45. The summed E-state index contributed by atoms with van der Waals surface area (Å²) in [6, 6.07) is 3.56. The number of likely N-dealkylation sites (tertiary alicyclic amines) is 1. The van der Waals surface area contributed by atoms with Crippen molar-refractivity contribution < 1.29 is 13.5 Å². The standard InChI is InChI=1S/C16H25N3O3S/c20-13-14-5-9-18(10-6-14)15-3-2-8-19(12-15)23(21,22)16-4-1-7-17-11-16/h1,4,7,11,14-15,20H,2-3,5-6,8-10,12-13H2. The molecule has 23 heavy (non-hydrogen) atoms. The Balaban J connectivity index is 1.67. The van der Waals surface area contributed by atoms with E-state index in [-0.39, 0.29) is 17.5 Å². The highest BCUT2D eigenvalue weighted by atomic mass is 32.2. The van der Waals surface area contributed by atoms with Crippen molar-refractivity contribution >= 4 is 10.0 Å². The van der Waals surface area contributed by atoms with Crippen molar-refractivity contribution in [1.29, 1.82) is 0 Å². The fourth-order valence-corrected chi connectivity index (χ4v) is 5.07. The Morgan fingerprint density at radius 1 is 1.22 bits per heavy atom. The Labute approximate surface area is 138 Å². The zero-order chi connectivity index (χ0) is 16.3. The molecule has 1 N–H and O–H groups in total. The molecule has 0 bridgehead atoms. The maximum absolute atomic E-state index is 12.7. The Hall–Kier alpha value is -1.02. The second kappa shape index (κ2) is 7.25. The van der Waals surface area contributed by atoms with Crippen LogP contribution in [0.25, 0.3) is 0 Å². The molecule has 7 heteroatoms. The van der Waals surface area contributed by atoms with Crippen LogP contribution in [-0.2, 0) is 10.0 Å².